The van der Waals surface area contributed by atoms with E-state index in [9.17, 15) is 18.0 Å². The van der Waals surface area contributed by atoms with Gasteiger partial charge in [-0.05, 0) is 40.8 Å². The zero-order chi connectivity index (χ0) is 16.2. The molecule has 22 heavy (non-hydrogen) atoms. The van der Waals surface area contributed by atoms with E-state index in [0.717, 1.165) is 6.20 Å². The molecule has 116 valence electrons. The topological polar surface area (TPSA) is 64.1 Å². The molecule has 2 rings (SSSR count). The fourth-order valence-corrected chi connectivity index (χ4v) is 2.08. The number of nitrogens with one attached hydrogen (secondary N) is 1. The minimum Gasteiger partial charge on any atom is -0.467 e. The van der Waals surface area contributed by atoms with E-state index >= 15 is 0 Å². The molecule has 0 bridgehead atoms. The molecule has 5 nitrogen and oxygen atoms in total. The van der Waals surface area contributed by atoms with Crippen molar-refractivity contribution in [3.63, 3.8) is 0 Å². The summed E-state index contributed by atoms with van der Waals surface area (Å²) < 4.78 is 41.2. The van der Waals surface area contributed by atoms with E-state index in [1.165, 1.54) is 12.3 Å². The van der Waals surface area contributed by atoms with Crippen LogP contribution < -0.4 is 10.1 Å². The number of anilines is 1. The van der Waals surface area contributed by atoms with Gasteiger partial charge in [0.05, 0.1) is 21.0 Å². The van der Waals surface area contributed by atoms with Crippen molar-refractivity contribution in [3.8, 4) is 5.88 Å². The third-order valence-corrected chi connectivity index (χ3v) is 3.13. The Labute approximate surface area is 137 Å². The normalized spacial score (nSPS) is 11.1. The number of hydrogen-bond donors (Lipinski definition) is 1. The van der Waals surface area contributed by atoms with Crippen molar-refractivity contribution >= 4 is 34.2 Å². The maximum absolute atomic E-state index is 12.1. The van der Waals surface area contributed by atoms with Crippen LogP contribution in [0.25, 0.3) is 0 Å². The number of nitrogens with zero attached hydrogens (tertiary/aromatic N) is 2. The van der Waals surface area contributed by atoms with Gasteiger partial charge in [0.25, 0.3) is 5.91 Å². The summed E-state index contributed by atoms with van der Waals surface area (Å²) in [5.74, 6) is -0.614. The Bertz CT molecular complexity index is 665. The van der Waals surface area contributed by atoms with Crippen molar-refractivity contribution in [2.45, 2.75) is 6.18 Å². The number of carbonyl (C=O) groups is 1. The zero-order valence-corrected chi connectivity index (χ0v) is 13.1. The highest BCUT2D eigenvalue weighted by atomic mass is 127. The summed E-state index contributed by atoms with van der Waals surface area (Å²) in [5, 5.41) is 2.60. The Morgan fingerprint density at radius 1 is 1.36 bits per heavy atom. The average molecular weight is 423 g/mol. The van der Waals surface area contributed by atoms with E-state index in [0.29, 0.717) is 9.26 Å². The quantitative estimate of drug-likeness (QED) is 0.768. The summed E-state index contributed by atoms with van der Waals surface area (Å²) in [6.07, 6.45) is -0.259. The summed E-state index contributed by atoms with van der Waals surface area (Å²) >= 11 is 1.75. The number of rotatable bonds is 4. The fraction of sp³-hybridized carbons (Fsp3) is 0.154. The van der Waals surface area contributed by atoms with Gasteiger partial charge in [-0.1, -0.05) is 0 Å². The number of ether oxygens (including phenoxy) is 1. The van der Waals surface area contributed by atoms with Gasteiger partial charge >= 0.3 is 6.18 Å². The van der Waals surface area contributed by atoms with E-state index in [1.54, 1.807) is 40.9 Å². The molecule has 0 saturated heterocycles. The van der Waals surface area contributed by atoms with E-state index in [-0.39, 0.29) is 11.4 Å². The van der Waals surface area contributed by atoms with Gasteiger partial charge in [0.15, 0.2) is 6.61 Å². The monoisotopic (exact) mass is 423 g/mol. The summed E-state index contributed by atoms with van der Waals surface area (Å²) in [6, 6.07) is 4.71. The highest BCUT2D eigenvalue weighted by Crippen LogP contribution is 2.22. The Morgan fingerprint density at radius 2 is 2.14 bits per heavy atom. The first kappa shape index (κ1) is 16.5. The summed E-state index contributed by atoms with van der Waals surface area (Å²) in [7, 11) is 0. The Balaban J connectivity index is 2.07. The molecule has 0 radical (unpaired) electrons. The lowest BCUT2D eigenvalue weighted by Gasteiger charge is -2.10. The van der Waals surface area contributed by atoms with Gasteiger partial charge in [-0.15, -0.1) is 0 Å². The first-order chi connectivity index (χ1) is 10.3. The van der Waals surface area contributed by atoms with Crippen molar-refractivity contribution in [3.05, 3.63) is 45.9 Å². The maximum atomic E-state index is 12.1. The van der Waals surface area contributed by atoms with Crippen LogP contribution in [0, 0.1) is 3.57 Å². The summed E-state index contributed by atoms with van der Waals surface area (Å²) in [6.45, 7) is -1.43. The summed E-state index contributed by atoms with van der Waals surface area (Å²) in [5.41, 5.74) is 0.701. The van der Waals surface area contributed by atoms with Crippen molar-refractivity contribution in [2.24, 2.45) is 0 Å². The number of hydrogen-bond acceptors (Lipinski definition) is 4. The number of pyridine rings is 2. The second kappa shape index (κ2) is 6.90. The number of amides is 1. The lowest BCUT2D eigenvalue weighted by atomic mass is 10.2. The molecule has 9 heteroatoms. The second-order valence-corrected chi connectivity index (χ2v) is 5.27. The minimum atomic E-state index is -4.44. The zero-order valence-electron chi connectivity index (χ0n) is 10.9. The second-order valence-electron chi connectivity index (χ2n) is 4.11. The van der Waals surface area contributed by atoms with Gasteiger partial charge in [-0.25, -0.2) is 4.98 Å². The van der Waals surface area contributed by atoms with Crippen LogP contribution in [0.15, 0.2) is 36.8 Å². The average Bonchev–Trinajstić information content (AvgIpc) is 2.46. The van der Waals surface area contributed by atoms with E-state index in [2.05, 4.69) is 20.0 Å². The fourth-order valence-electron chi connectivity index (χ4n) is 1.45. The molecule has 0 aliphatic heterocycles. The molecule has 0 atom stereocenters. The van der Waals surface area contributed by atoms with E-state index in [1.807, 2.05) is 0 Å². The van der Waals surface area contributed by atoms with Crippen LogP contribution in [-0.4, -0.2) is 28.7 Å². The van der Waals surface area contributed by atoms with Crippen LogP contribution in [0.4, 0.5) is 18.9 Å². The molecular weight excluding hydrogens is 414 g/mol. The van der Waals surface area contributed by atoms with E-state index < -0.39 is 18.7 Å². The molecule has 0 saturated carbocycles. The van der Waals surface area contributed by atoms with Gasteiger partial charge in [0.2, 0.25) is 5.88 Å². The predicted molar refractivity (Wildman–Crippen MR) is 80.7 cm³/mol. The van der Waals surface area contributed by atoms with Gasteiger partial charge in [0.1, 0.15) is 0 Å². The van der Waals surface area contributed by atoms with Gasteiger partial charge in [-0.3, -0.25) is 9.78 Å². The Morgan fingerprint density at radius 3 is 2.73 bits per heavy atom. The Kier molecular flexibility index (Phi) is 5.16. The van der Waals surface area contributed by atoms with Crippen LogP contribution in [0.3, 0.4) is 0 Å². The first-order valence-corrected chi connectivity index (χ1v) is 6.99. The number of alkyl halides is 3. The molecule has 2 aromatic rings. The molecule has 0 fully saturated rings. The van der Waals surface area contributed by atoms with Gasteiger partial charge in [-0.2, -0.15) is 13.2 Å². The lowest BCUT2D eigenvalue weighted by molar-refractivity contribution is -0.154. The van der Waals surface area contributed by atoms with Crippen molar-refractivity contribution in [1.29, 1.82) is 0 Å². The van der Waals surface area contributed by atoms with Crippen molar-refractivity contribution in [1.82, 2.24) is 9.97 Å². The highest BCUT2D eigenvalue weighted by molar-refractivity contribution is 14.1. The number of halogens is 4. The smallest absolute Gasteiger partial charge is 0.422 e. The Hall–Kier alpha value is -1.91. The van der Waals surface area contributed by atoms with Crippen LogP contribution in [0.2, 0.25) is 0 Å². The van der Waals surface area contributed by atoms with Gasteiger partial charge < -0.3 is 10.1 Å². The minimum absolute atomic E-state index is 0.171. The van der Waals surface area contributed by atoms with Crippen LogP contribution >= 0.6 is 22.6 Å². The third kappa shape index (κ3) is 4.83. The van der Waals surface area contributed by atoms with E-state index in [4.69, 9.17) is 0 Å². The molecular formula is C13H9F3IN3O2. The predicted octanol–water partition coefficient (Wildman–Crippen LogP) is 3.27. The maximum Gasteiger partial charge on any atom is 0.422 e. The van der Waals surface area contributed by atoms with Crippen LogP contribution in [-0.2, 0) is 0 Å². The number of aromatic nitrogens is 2. The lowest BCUT2D eigenvalue weighted by Crippen LogP contribution is -2.20. The van der Waals surface area contributed by atoms with Crippen molar-refractivity contribution < 1.29 is 22.7 Å². The standard InChI is InChI=1S/C13H9F3IN3O2/c14-13(15,16)7-22-12-10(17)4-8(5-19-12)11(21)20-9-2-1-3-18-6-9/h1-6H,7H2,(H,20,21). The SMILES string of the molecule is O=C(Nc1cccnc1)c1cnc(OCC(F)(F)F)c(I)c1. The molecule has 2 heterocycles. The molecule has 0 spiro atoms. The highest BCUT2D eigenvalue weighted by Gasteiger charge is 2.29. The molecule has 0 aliphatic rings. The van der Waals surface area contributed by atoms with Gasteiger partial charge in [0, 0.05) is 12.4 Å². The van der Waals surface area contributed by atoms with Crippen LogP contribution in [0.5, 0.6) is 5.88 Å². The first-order valence-electron chi connectivity index (χ1n) is 5.91. The largest absolute Gasteiger partial charge is 0.467 e. The summed E-state index contributed by atoms with van der Waals surface area (Å²) in [4.78, 5) is 19.6. The molecule has 0 aromatic carbocycles. The molecule has 1 amide bonds. The number of carbonyl (C=O) groups excluding carboxylic acids is 1. The molecule has 0 unspecified atom stereocenters. The molecule has 2 aromatic heterocycles. The third-order valence-electron chi connectivity index (χ3n) is 2.36. The van der Waals surface area contributed by atoms with Crippen LogP contribution in [0.1, 0.15) is 10.4 Å². The molecule has 0 aliphatic carbocycles. The van der Waals surface area contributed by atoms with Crippen molar-refractivity contribution in [2.75, 3.05) is 11.9 Å². The molecule has 1 N–H and O–H groups in total.